The zero-order valence-electron chi connectivity index (χ0n) is 11.4. The van der Waals surface area contributed by atoms with Gasteiger partial charge in [0.15, 0.2) is 0 Å². The fraction of sp³-hybridized carbons (Fsp3) is 0.571. The minimum atomic E-state index is -3.46. The molecule has 0 heterocycles. The first-order valence-electron chi connectivity index (χ1n) is 7.04. The summed E-state index contributed by atoms with van der Waals surface area (Å²) < 4.78 is 27.5. The third-order valence-corrected chi connectivity index (χ3v) is 6.24. The lowest BCUT2D eigenvalue weighted by Gasteiger charge is -2.11. The van der Waals surface area contributed by atoms with Crippen molar-refractivity contribution in [2.24, 2.45) is 5.92 Å². The van der Waals surface area contributed by atoms with Gasteiger partial charge >= 0.3 is 0 Å². The lowest BCUT2D eigenvalue weighted by atomic mass is 10.0. The number of halogens is 1. The van der Waals surface area contributed by atoms with E-state index in [1.165, 1.54) is 31.7 Å². The van der Waals surface area contributed by atoms with E-state index >= 15 is 0 Å². The second-order valence-corrected chi connectivity index (χ2v) is 7.97. The van der Waals surface area contributed by atoms with Crippen molar-refractivity contribution in [2.45, 2.75) is 43.4 Å². The van der Waals surface area contributed by atoms with Crippen molar-refractivity contribution in [1.29, 1.82) is 0 Å². The number of rotatable bonds is 6. The zero-order chi connectivity index (χ0) is 14.6. The van der Waals surface area contributed by atoms with Crippen LogP contribution >= 0.6 is 15.9 Å². The average molecular weight is 361 g/mol. The molecule has 0 atom stereocenters. The van der Waals surface area contributed by atoms with Crippen LogP contribution in [0.1, 0.15) is 38.5 Å². The molecule has 2 rings (SSSR count). The molecule has 6 heteroatoms. The van der Waals surface area contributed by atoms with Crippen LogP contribution in [0.2, 0.25) is 0 Å². The lowest BCUT2D eigenvalue weighted by molar-refractivity contribution is 0.480. The molecular formula is C14H21BrN2O2S. The second kappa shape index (κ2) is 6.91. The predicted octanol–water partition coefficient (Wildman–Crippen LogP) is 3.28. The highest BCUT2D eigenvalue weighted by Crippen LogP contribution is 2.28. The first-order valence-corrected chi connectivity index (χ1v) is 9.31. The van der Waals surface area contributed by atoms with Crippen molar-refractivity contribution in [3.05, 3.63) is 22.7 Å². The van der Waals surface area contributed by atoms with Crippen LogP contribution in [-0.4, -0.2) is 15.0 Å². The van der Waals surface area contributed by atoms with Crippen LogP contribution in [0.15, 0.2) is 27.6 Å². The highest BCUT2D eigenvalue weighted by atomic mass is 79.9. The molecule has 0 amide bonds. The Balaban J connectivity index is 1.87. The molecule has 1 aromatic carbocycles. The summed E-state index contributed by atoms with van der Waals surface area (Å²) in [5.74, 6) is 0.794. The molecule has 0 spiro atoms. The van der Waals surface area contributed by atoms with Crippen LogP contribution in [0.3, 0.4) is 0 Å². The molecule has 0 aromatic heterocycles. The number of nitrogens with two attached hydrogens (primary N) is 1. The second-order valence-electron chi connectivity index (χ2n) is 5.38. The minimum Gasteiger partial charge on any atom is -0.399 e. The zero-order valence-corrected chi connectivity index (χ0v) is 13.8. The Morgan fingerprint density at radius 2 is 2.00 bits per heavy atom. The summed E-state index contributed by atoms with van der Waals surface area (Å²) in [4.78, 5) is 0.243. The lowest BCUT2D eigenvalue weighted by Crippen LogP contribution is -2.25. The highest BCUT2D eigenvalue weighted by molar-refractivity contribution is 9.10. The van der Waals surface area contributed by atoms with Gasteiger partial charge in [0.05, 0.1) is 4.90 Å². The molecular weight excluding hydrogens is 340 g/mol. The molecule has 0 radical (unpaired) electrons. The van der Waals surface area contributed by atoms with E-state index in [2.05, 4.69) is 20.7 Å². The molecule has 112 valence electrons. The Kier molecular flexibility index (Phi) is 5.46. The van der Waals surface area contributed by atoms with E-state index in [9.17, 15) is 8.42 Å². The Labute approximate surface area is 129 Å². The first kappa shape index (κ1) is 15.8. The number of anilines is 1. The fourth-order valence-electron chi connectivity index (χ4n) is 2.71. The van der Waals surface area contributed by atoms with Gasteiger partial charge < -0.3 is 5.73 Å². The standard InChI is InChI=1S/C14H21BrN2O2S/c15-13-10-12(16)7-8-14(13)20(18,19)17-9-3-6-11-4-1-2-5-11/h7-8,10-11,17H,1-6,9,16H2. The van der Waals surface area contributed by atoms with Gasteiger partial charge in [0.1, 0.15) is 0 Å². The molecule has 20 heavy (non-hydrogen) atoms. The largest absolute Gasteiger partial charge is 0.399 e. The van der Waals surface area contributed by atoms with Gasteiger partial charge in [0.2, 0.25) is 10.0 Å². The number of sulfonamides is 1. The van der Waals surface area contributed by atoms with Crippen LogP contribution in [0, 0.1) is 5.92 Å². The van der Waals surface area contributed by atoms with Gasteiger partial charge in [0.25, 0.3) is 0 Å². The van der Waals surface area contributed by atoms with Crippen molar-refractivity contribution < 1.29 is 8.42 Å². The third kappa shape index (κ3) is 4.20. The molecule has 1 fully saturated rings. The molecule has 0 saturated heterocycles. The fourth-order valence-corrected chi connectivity index (χ4v) is 4.88. The Bertz CT molecular complexity index is 554. The number of nitrogen functional groups attached to an aromatic ring is 1. The van der Waals surface area contributed by atoms with Gasteiger partial charge in [0, 0.05) is 16.7 Å². The highest BCUT2D eigenvalue weighted by Gasteiger charge is 2.18. The Morgan fingerprint density at radius 1 is 1.30 bits per heavy atom. The maximum absolute atomic E-state index is 12.2. The van der Waals surface area contributed by atoms with Gasteiger partial charge in [-0.05, 0) is 52.9 Å². The van der Waals surface area contributed by atoms with E-state index in [4.69, 9.17) is 5.73 Å². The Hall–Kier alpha value is -0.590. The quantitative estimate of drug-likeness (QED) is 0.603. The summed E-state index contributed by atoms with van der Waals surface area (Å²) in [5, 5.41) is 0. The molecule has 0 bridgehead atoms. The van der Waals surface area contributed by atoms with E-state index in [1.54, 1.807) is 12.1 Å². The van der Waals surface area contributed by atoms with Crippen molar-refractivity contribution in [2.75, 3.05) is 12.3 Å². The third-order valence-electron chi connectivity index (χ3n) is 3.80. The van der Waals surface area contributed by atoms with Crippen LogP contribution < -0.4 is 10.5 Å². The van der Waals surface area contributed by atoms with Crippen LogP contribution in [0.4, 0.5) is 5.69 Å². The predicted molar refractivity (Wildman–Crippen MR) is 84.9 cm³/mol. The summed E-state index contributed by atoms with van der Waals surface area (Å²) in [6.45, 7) is 0.496. The topological polar surface area (TPSA) is 72.2 Å². The van der Waals surface area contributed by atoms with E-state index in [-0.39, 0.29) is 4.90 Å². The number of hydrogen-bond acceptors (Lipinski definition) is 3. The molecule has 1 aliphatic rings. The normalized spacial score (nSPS) is 16.6. The summed E-state index contributed by atoms with van der Waals surface area (Å²) in [6.07, 6.45) is 7.28. The van der Waals surface area contributed by atoms with Crippen LogP contribution in [-0.2, 0) is 10.0 Å². The SMILES string of the molecule is Nc1ccc(S(=O)(=O)NCCCC2CCCC2)c(Br)c1. The maximum atomic E-state index is 12.2. The monoisotopic (exact) mass is 360 g/mol. The summed E-state index contributed by atoms with van der Waals surface area (Å²) >= 11 is 3.25. The molecule has 1 aromatic rings. The van der Waals surface area contributed by atoms with Crippen LogP contribution in [0.5, 0.6) is 0 Å². The van der Waals surface area contributed by atoms with E-state index in [1.807, 2.05) is 0 Å². The van der Waals surface area contributed by atoms with Crippen molar-refractivity contribution >= 4 is 31.6 Å². The molecule has 1 saturated carbocycles. The number of benzene rings is 1. The number of hydrogen-bond donors (Lipinski definition) is 2. The summed E-state index contributed by atoms with van der Waals surface area (Å²) in [6, 6.07) is 4.73. The van der Waals surface area contributed by atoms with Crippen molar-refractivity contribution in [1.82, 2.24) is 4.72 Å². The summed E-state index contributed by atoms with van der Waals surface area (Å²) in [5.41, 5.74) is 6.16. The van der Waals surface area contributed by atoms with Gasteiger partial charge in [-0.2, -0.15) is 0 Å². The van der Waals surface area contributed by atoms with Crippen molar-refractivity contribution in [3.8, 4) is 0 Å². The van der Waals surface area contributed by atoms with Gasteiger partial charge in [-0.15, -0.1) is 0 Å². The van der Waals surface area contributed by atoms with E-state index < -0.39 is 10.0 Å². The van der Waals surface area contributed by atoms with Gasteiger partial charge in [-0.3, -0.25) is 0 Å². The molecule has 3 N–H and O–H groups in total. The summed E-state index contributed by atoms with van der Waals surface area (Å²) in [7, 11) is -3.46. The molecule has 4 nitrogen and oxygen atoms in total. The van der Waals surface area contributed by atoms with Gasteiger partial charge in [-0.25, -0.2) is 13.1 Å². The van der Waals surface area contributed by atoms with Crippen molar-refractivity contribution in [3.63, 3.8) is 0 Å². The van der Waals surface area contributed by atoms with E-state index in [0.29, 0.717) is 16.7 Å². The minimum absolute atomic E-state index is 0.243. The smallest absolute Gasteiger partial charge is 0.241 e. The van der Waals surface area contributed by atoms with E-state index in [0.717, 1.165) is 18.8 Å². The first-order chi connectivity index (χ1) is 9.49. The van der Waals surface area contributed by atoms with Crippen LogP contribution in [0.25, 0.3) is 0 Å². The molecule has 0 unspecified atom stereocenters. The number of nitrogens with one attached hydrogen (secondary N) is 1. The molecule has 0 aliphatic heterocycles. The maximum Gasteiger partial charge on any atom is 0.241 e. The Morgan fingerprint density at radius 3 is 2.65 bits per heavy atom. The van der Waals surface area contributed by atoms with Gasteiger partial charge in [-0.1, -0.05) is 25.7 Å². The molecule has 1 aliphatic carbocycles. The average Bonchev–Trinajstić information content (AvgIpc) is 2.87.